The summed E-state index contributed by atoms with van der Waals surface area (Å²) in [6.45, 7) is 3.78. The van der Waals surface area contributed by atoms with Crippen LogP contribution in [0, 0.1) is 13.8 Å². The monoisotopic (exact) mass is 340 g/mol. The molecule has 0 unspecified atom stereocenters. The quantitative estimate of drug-likeness (QED) is 0.785. The molecule has 0 radical (unpaired) electrons. The lowest BCUT2D eigenvalue weighted by Crippen LogP contribution is -2.05. The Morgan fingerprint density at radius 2 is 2.00 bits per heavy atom. The SMILES string of the molecule is Cc1cc(Nc2nnc(C)s2)n(-c2ncc(Cl)cc2Cl)n1. The summed E-state index contributed by atoms with van der Waals surface area (Å²) in [6.07, 6.45) is 1.53. The molecule has 0 aliphatic heterocycles. The van der Waals surface area contributed by atoms with Gasteiger partial charge in [-0.05, 0) is 19.9 Å². The molecule has 0 atom stereocenters. The lowest BCUT2D eigenvalue weighted by Gasteiger charge is -2.08. The Labute approximate surface area is 134 Å². The fourth-order valence-electron chi connectivity index (χ4n) is 1.77. The second-order valence-electron chi connectivity index (χ2n) is 4.29. The minimum absolute atomic E-state index is 0.419. The molecule has 0 aromatic carbocycles. The number of rotatable bonds is 3. The Morgan fingerprint density at radius 3 is 2.67 bits per heavy atom. The van der Waals surface area contributed by atoms with Crippen molar-refractivity contribution >= 4 is 45.5 Å². The topological polar surface area (TPSA) is 68.5 Å². The molecule has 0 bridgehead atoms. The molecule has 0 fully saturated rings. The van der Waals surface area contributed by atoms with Gasteiger partial charge >= 0.3 is 0 Å². The first kappa shape index (κ1) is 14.2. The van der Waals surface area contributed by atoms with Crippen molar-refractivity contribution in [3.63, 3.8) is 0 Å². The highest BCUT2D eigenvalue weighted by Crippen LogP contribution is 2.27. The average molecular weight is 341 g/mol. The first-order chi connectivity index (χ1) is 10.0. The zero-order valence-corrected chi connectivity index (χ0v) is 13.5. The van der Waals surface area contributed by atoms with Crippen molar-refractivity contribution in [1.82, 2.24) is 25.0 Å². The van der Waals surface area contributed by atoms with Crippen LogP contribution in [-0.4, -0.2) is 25.0 Å². The van der Waals surface area contributed by atoms with Crippen LogP contribution >= 0.6 is 34.5 Å². The van der Waals surface area contributed by atoms with Gasteiger partial charge in [-0.2, -0.15) is 9.78 Å². The predicted octanol–water partition coefficient (Wildman–Crippen LogP) is 3.79. The Hall–Kier alpha value is -1.70. The number of pyridine rings is 1. The van der Waals surface area contributed by atoms with Crippen molar-refractivity contribution in [1.29, 1.82) is 0 Å². The number of hydrogen-bond donors (Lipinski definition) is 1. The van der Waals surface area contributed by atoms with Gasteiger partial charge in [-0.25, -0.2) is 4.98 Å². The maximum Gasteiger partial charge on any atom is 0.211 e. The molecule has 6 nitrogen and oxygen atoms in total. The van der Waals surface area contributed by atoms with Gasteiger partial charge in [0.2, 0.25) is 5.13 Å². The normalized spacial score (nSPS) is 10.9. The zero-order valence-electron chi connectivity index (χ0n) is 11.1. The highest BCUT2D eigenvalue weighted by Gasteiger charge is 2.14. The van der Waals surface area contributed by atoms with Crippen LogP contribution < -0.4 is 5.32 Å². The van der Waals surface area contributed by atoms with Gasteiger partial charge in [-0.15, -0.1) is 10.2 Å². The molecule has 0 saturated carbocycles. The number of nitrogens with zero attached hydrogens (tertiary/aromatic N) is 5. The molecule has 0 aliphatic rings. The molecule has 21 heavy (non-hydrogen) atoms. The Bertz CT molecular complexity index is 797. The van der Waals surface area contributed by atoms with E-state index in [0.29, 0.717) is 26.8 Å². The van der Waals surface area contributed by atoms with Gasteiger partial charge in [0.05, 0.1) is 15.7 Å². The third kappa shape index (κ3) is 2.99. The standard InChI is InChI=1S/C12H10Cl2N6S/c1-6-3-10(16-12-18-17-7(2)21-12)20(19-6)11-9(14)4-8(13)5-15-11/h3-5H,1-2H3,(H,16,18). The van der Waals surface area contributed by atoms with Crippen molar-refractivity contribution in [3.05, 3.63) is 39.1 Å². The molecule has 3 aromatic rings. The third-order valence-corrected chi connectivity index (χ3v) is 3.82. The van der Waals surface area contributed by atoms with Crippen molar-refractivity contribution in [3.8, 4) is 5.82 Å². The molecule has 108 valence electrons. The maximum absolute atomic E-state index is 6.19. The molecule has 3 aromatic heterocycles. The summed E-state index contributed by atoms with van der Waals surface area (Å²) in [5.41, 5.74) is 0.826. The molecule has 0 saturated heterocycles. The second-order valence-corrected chi connectivity index (χ2v) is 6.32. The first-order valence-electron chi connectivity index (χ1n) is 5.98. The van der Waals surface area contributed by atoms with Gasteiger partial charge in [-0.3, -0.25) is 0 Å². The van der Waals surface area contributed by atoms with Crippen molar-refractivity contribution in [2.75, 3.05) is 5.32 Å². The fraction of sp³-hybridized carbons (Fsp3) is 0.167. The van der Waals surface area contributed by atoms with Crippen LogP contribution in [0.2, 0.25) is 10.0 Å². The van der Waals surface area contributed by atoms with Gasteiger partial charge in [0.1, 0.15) is 10.8 Å². The molecule has 3 rings (SSSR count). The summed E-state index contributed by atoms with van der Waals surface area (Å²) < 4.78 is 1.62. The second kappa shape index (κ2) is 5.59. The van der Waals surface area contributed by atoms with Crippen LogP contribution in [0.1, 0.15) is 10.7 Å². The summed E-state index contributed by atoms with van der Waals surface area (Å²) in [4.78, 5) is 4.23. The van der Waals surface area contributed by atoms with E-state index >= 15 is 0 Å². The van der Waals surface area contributed by atoms with E-state index < -0.39 is 0 Å². The van der Waals surface area contributed by atoms with Crippen molar-refractivity contribution < 1.29 is 0 Å². The third-order valence-electron chi connectivity index (χ3n) is 2.58. The summed E-state index contributed by atoms with van der Waals surface area (Å²) >= 11 is 13.5. The number of anilines is 2. The molecular formula is C12H10Cl2N6S. The zero-order chi connectivity index (χ0) is 15.0. The van der Waals surface area contributed by atoms with Gasteiger partial charge in [0, 0.05) is 12.3 Å². The number of aryl methyl sites for hydroxylation is 2. The lowest BCUT2D eigenvalue weighted by atomic mass is 10.4. The van der Waals surface area contributed by atoms with E-state index in [9.17, 15) is 0 Å². The van der Waals surface area contributed by atoms with Gasteiger partial charge < -0.3 is 5.32 Å². The van der Waals surface area contributed by atoms with E-state index in [1.54, 1.807) is 10.7 Å². The van der Waals surface area contributed by atoms with E-state index in [2.05, 4.69) is 25.6 Å². The van der Waals surface area contributed by atoms with Gasteiger partial charge in [0.15, 0.2) is 5.82 Å². The average Bonchev–Trinajstić information content (AvgIpc) is 2.96. The molecule has 1 N–H and O–H groups in total. The molecule has 0 spiro atoms. The van der Waals surface area contributed by atoms with Crippen LogP contribution in [0.3, 0.4) is 0 Å². The minimum atomic E-state index is 0.419. The Balaban J connectivity index is 2.03. The van der Waals surface area contributed by atoms with E-state index in [1.807, 2.05) is 19.9 Å². The van der Waals surface area contributed by atoms with Crippen LogP contribution in [0.4, 0.5) is 10.9 Å². The van der Waals surface area contributed by atoms with Crippen molar-refractivity contribution in [2.45, 2.75) is 13.8 Å². The van der Waals surface area contributed by atoms with Crippen molar-refractivity contribution in [2.24, 2.45) is 0 Å². The summed E-state index contributed by atoms with van der Waals surface area (Å²) in [6, 6.07) is 3.50. The van der Waals surface area contributed by atoms with E-state index in [-0.39, 0.29) is 0 Å². The van der Waals surface area contributed by atoms with Gasteiger partial charge in [-0.1, -0.05) is 34.5 Å². The van der Waals surface area contributed by atoms with E-state index in [1.165, 1.54) is 17.5 Å². The van der Waals surface area contributed by atoms with E-state index in [4.69, 9.17) is 23.2 Å². The van der Waals surface area contributed by atoms with Crippen LogP contribution in [0.5, 0.6) is 0 Å². The summed E-state index contributed by atoms with van der Waals surface area (Å²) in [5.74, 6) is 1.21. The molecule has 0 aliphatic carbocycles. The molecule has 0 amide bonds. The highest BCUT2D eigenvalue weighted by atomic mass is 35.5. The molecular weight excluding hydrogens is 331 g/mol. The predicted molar refractivity (Wildman–Crippen MR) is 84.0 cm³/mol. The number of halogens is 2. The highest BCUT2D eigenvalue weighted by molar-refractivity contribution is 7.15. The Morgan fingerprint density at radius 1 is 1.19 bits per heavy atom. The van der Waals surface area contributed by atoms with Crippen LogP contribution in [0.25, 0.3) is 5.82 Å². The van der Waals surface area contributed by atoms with Crippen LogP contribution in [-0.2, 0) is 0 Å². The maximum atomic E-state index is 6.19. The lowest BCUT2D eigenvalue weighted by molar-refractivity contribution is 0.839. The largest absolute Gasteiger partial charge is 0.315 e. The summed E-state index contributed by atoms with van der Waals surface area (Å²) in [7, 11) is 0. The first-order valence-corrected chi connectivity index (χ1v) is 7.55. The molecule has 3 heterocycles. The van der Waals surface area contributed by atoms with Crippen LogP contribution in [0.15, 0.2) is 18.3 Å². The smallest absolute Gasteiger partial charge is 0.211 e. The van der Waals surface area contributed by atoms with E-state index in [0.717, 1.165) is 10.7 Å². The molecule has 9 heteroatoms. The number of aromatic nitrogens is 5. The van der Waals surface area contributed by atoms with Gasteiger partial charge in [0.25, 0.3) is 0 Å². The number of nitrogens with one attached hydrogen (secondary N) is 1. The minimum Gasteiger partial charge on any atom is -0.315 e. The Kier molecular flexibility index (Phi) is 3.79. The summed E-state index contributed by atoms with van der Waals surface area (Å²) in [5, 5.41) is 18.0. The fourth-order valence-corrected chi connectivity index (χ4v) is 2.83. The number of hydrogen-bond acceptors (Lipinski definition) is 6.